The molecule has 1 N–H and O–H groups in total. The van der Waals surface area contributed by atoms with Crippen molar-refractivity contribution in [3.05, 3.63) is 48.3 Å². The zero-order chi connectivity index (χ0) is 16.8. The summed E-state index contributed by atoms with van der Waals surface area (Å²) in [6, 6.07) is 7.76. The van der Waals surface area contributed by atoms with E-state index in [0.717, 1.165) is 30.5 Å². The van der Waals surface area contributed by atoms with Gasteiger partial charge in [-0.25, -0.2) is 0 Å². The first-order valence-electron chi connectivity index (χ1n) is 8.79. The molecule has 0 aliphatic carbocycles. The maximum Gasteiger partial charge on any atom is 0.220 e. The monoisotopic (exact) mass is 330 g/mol. The van der Waals surface area contributed by atoms with Gasteiger partial charge in [0.2, 0.25) is 5.91 Å². The number of hydrogen-bond acceptors (Lipinski definition) is 4. The normalized spacial score (nSPS) is 17.7. The summed E-state index contributed by atoms with van der Waals surface area (Å²) in [7, 11) is 0. The average molecular weight is 330 g/mol. The van der Waals surface area contributed by atoms with Crippen molar-refractivity contribution < 1.29 is 13.6 Å². The summed E-state index contributed by atoms with van der Waals surface area (Å²) in [5.74, 6) is 2.60. The highest BCUT2D eigenvalue weighted by Crippen LogP contribution is 2.26. The molecule has 1 atom stereocenters. The molecule has 130 valence electrons. The Morgan fingerprint density at radius 1 is 1.25 bits per heavy atom. The Labute approximate surface area is 143 Å². The highest BCUT2D eigenvalue weighted by Gasteiger charge is 2.26. The molecule has 3 rings (SSSR count). The molecule has 1 unspecified atom stereocenters. The molecular formula is C19H26N2O3. The zero-order valence-corrected chi connectivity index (χ0v) is 14.2. The lowest BCUT2D eigenvalue weighted by molar-refractivity contribution is -0.121. The molecule has 1 amide bonds. The van der Waals surface area contributed by atoms with Gasteiger partial charge in [0.15, 0.2) is 0 Å². The van der Waals surface area contributed by atoms with Crippen molar-refractivity contribution >= 4 is 5.91 Å². The van der Waals surface area contributed by atoms with Gasteiger partial charge in [-0.15, -0.1) is 0 Å². The number of nitrogens with one attached hydrogen (secondary N) is 1. The molecular weight excluding hydrogens is 304 g/mol. The Morgan fingerprint density at radius 2 is 2.00 bits per heavy atom. The number of furan rings is 2. The highest BCUT2D eigenvalue weighted by atomic mass is 16.3. The van der Waals surface area contributed by atoms with Crippen molar-refractivity contribution in [1.29, 1.82) is 0 Å². The first-order valence-corrected chi connectivity index (χ1v) is 8.79. The second-order valence-corrected chi connectivity index (χ2v) is 6.63. The summed E-state index contributed by atoms with van der Waals surface area (Å²) in [4.78, 5) is 14.6. The van der Waals surface area contributed by atoms with Crippen molar-refractivity contribution in [2.45, 2.75) is 38.6 Å². The third-order valence-corrected chi connectivity index (χ3v) is 4.80. The van der Waals surface area contributed by atoms with Crippen LogP contribution < -0.4 is 5.32 Å². The predicted molar refractivity (Wildman–Crippen MR) is 91.5 cm³/mol. The quantitative estimate of drug-likeness (QED) is 0.845. The van der Waals surface area contributed by atoms with Crippen LogP contribution >= 0.6 is 0 Å². The molecule has 2 aromatic heterocycles. The van der Waals surface area contributed by atoms with E-state index in [9.17, 15) is 4.79 Å². The lowest BCUT2D eigenvalue weighted by atomic mass is 9.97. The number of piperidine rings is 1. The van der Waals surface area contributed by atoms with Crippen LogP contribution in [0.15, 0.2) is 45.6 Å². The minimum absolute atomic E-state index is 0.0494. The largest absolute Gasteiger partial charge is 0.469 e. The van der Waals surface area contributed by atoms with E-state index in [1.165, 1.54) is 12.8 Å². The van der Waals surface area contributed by atoms with Crippen LogP contribution in [-0.4, -0.2) is 30.4 Å². The SMILES string of the molecule is CC1CCN(C(CNC(=O)CCc2ccco2)c2ccco2)CC1. The van der Waals surface area contributed by atoms with Gasteiger partial charge in [-0.1, -0.05) is 6.92 Å². The van der Waals surface area contributed by atoms with Gasteiger partial charge in [0.25, 0.3) is 0 Å². The van der Waals surface area contributed by atoms with Gasteiger partial charge in [-0.2, -0.15) is 0 Å². The highest BCUT2D eigenvalue weighted by molar-refractivity contribution is 5.76. The van der Waals surface area contributed by atoms with Crippen LogP contribution in [0.1, 0.15) is 43.7 Å². The molecule has 1 aliphatic heterocycles. The van der Waals surface area contributed by atoms with E-state index in [4.69, 9.17) is 8.83 Å². The van der Waals surface area contributed by atoms with Crippen molar-refractivity contribution in [1.82, 2.24) is 10.2 Å². The van der Waals surface area contributed by atoms with Crippen LogP contribution in [0.4, 0.5) is 0 Å². The van der Waals surface area contributed by atoms with E-state index in [1.807, 2.05) is 24.3 Å². The third kappa shape index (κ3) is 4.51. The molecule has 3 heterocycles. The number of hydrogen-bond donors (Lipinski definition) is 1. The van der Waals surface area contributed by atoms with E-state index >= 15 is 0 Å². The van der Waals surface area contributed by atoms with Gasteiger partial charge < -0.3 is 14.2 Å². The summed E-state index contributed by atoms with van der Waals surface area (Å²) < 4.78 is 10.9. The second kappa shape index (κ2) is 8.20. The topological polar surface area (TPSA) is 58.6 Å². The van der Waals surface area contributed by atoms with Gasteiger partial charge in [-0.05, 0) is 56.1 Å². The number of amides is 1. The minimum atomic E-state index is 0.0494. The summed E-state index contributed by atoms with van der Waals surface area (Å²) >= 11 is 0. The van der Waals surface area contributed by atoms with E-state index in [2.05, 4.69) is 17.1 Å². The Balaban J connectivity index is 1.53. The molecule has 5 heteroatoms. The molecule has 2 aromatic rings. The van der Waals surface area contributed by atoms with Crippen LogP contribution in [0.5, 0.6) is 0 Å². The maximum atomic E-state index is 12.1. The van der Waals surface area contributed by atoms with Crippen LogP contribution in [0, 0.1) is 5.92 Å². The number of carbonyl (C=O) groups excluding carboxylic acids is 1. The number of aryl methyl sites for hydroxylation is 1. The molecule has 24 heavy (non-hydrogen) atoms. The molecule has 1 fully saturated rings. The fourth-order valence-corrected chi connectivity index (χ4v) is 3.22. The van der Waals surface area contributed by atoms with Gasteiger partial charge in [0.05, 0.1) is 18.6 Å². The fraction of sp³-hybridized carbons (Fsp3) is 0.526. The van der Waals surface area contributed by atoms with Gasteiger partial charge in [0.1, 0.15) is 11.5 Å². The van der Waals surface area contributed by atoms with Gasteiger partial charge in [0, 0.05) is 19.4 Å². The molecule has 1 aliphatic rings. The number of rotatable bonds is 7. The molecule has 1 saturated heterocycles. The molecule has 0 aromatic carbocycles. The Bertz CT molecular complexity index is 599. The molecule has 0 bridgehead atoms. The molecule has 5 nitrogen and oxygen atoms in total. The Hall–Kier alpha value is -2.01. The number of carbonyl (C=O) groups is 1. The molecule has 0 saturated carbocycles. The Morgan fingerprint density at radius 3 is 2.67 bits per heavy atom. The molecule has 0 spiro atoms. The van der Waals surface area contributed by atoms with Crippen molar-refractivity contribution in [3.8, 4) is 0 Å². The minimum Gasteiger partial charge on any atom is -0.469 e. The average Bonchev–Trinajstić information content (AvgIpc) is 3.28. The first-order chi connectivity index (χ1) is 11.7. The Kier molecular flexibility index (Phi) is 5.75. The van der Waals surface area contributed by atoms with Crippen molar-refractivity contribution in [2.75, 3.05) is 19.6 Å². The number of likely N-dealkylation sites (tertiary alicyclic amines) is 1. The van der Waals surface area contributed by atoms with E-state index in [-0.39, 0.29) is 11.9 Å². The van der Waals surface area contributed by atoms with Crippen LogP contribution in [-0.2, 0) is 11.2 Å². The number of nitrogens with zero attached hydrogens (tertiary/aromatic N) is 1. The van der Waals surface area contributed by atoms with Gasteiger partial charge in [-0.3, -0.25) is 9.69 Å². The lowest BCUT2D eigenvalue weighted by Crippen LogP contribution is -2.41. The van der Waals surface area contributed by atoms with Crippen LogP contribution in [0.2, 0.25) is 0 Å². The first kappa shape index (κ1) is 16.8. The maximum absolute atomic E-state index is 12.1. The summed E-state index contributed by atoms with van der Waals surface area (Å²) in [6.45, 7) is 4.98. The van der Waals surface area contributed by atoms with E-state index in [0.29, 0.717) is 19.4 Å². The fourth-order valence-electron chi connectivity index (χ4n) is 3.22. The second-order valence-electron chi connectivity index (χ2n) is 6.63. The summed E-state index contributed by atoms with van der Waals surface area (Å²) in [6.07, 6.45) is 6.80. The summed E-state index contributed by atoms with van der Waals surface area (Å²) in [5.41, 5.74) is 0. The van der Waals surface area contributed by atoms with Crippen molar-refractivity contribution in [2.24, 2.45) is 5.92 Å². The van der Waals surface area contributed by atoms with Crippen molar-refractivity contribution in [3.63, 3.8) is 0 Å². The summed E-state index contributed by atoms with van der Waals surface area (Å²) in [5, 5.41) is 3.06. The zero-order valence-electron chi connectivity index (χ0n) is 14.2. The smallest absolute Gasteiger partial charge is 0.220 e. The van der Waals surface area contributed by atoms with E-state index < -0.39 is 0 Å². The predicted octanol–water partition coefficient (Wildman–Crippen LogP) is 3.39. The van der Waals surface area contributed by atoms with Crippen LogP contribution in [0.3, 0.4) is 0 Å². The van der Waals surface area contributed by atoms with Crippen LogP contribution in [0.25, 0.3) is 0 Å². The standard InChI is InChI=1S/C19H26N2O3/c1-15-8-10-21(11-9-15)17(18-5-3-13-24-18)14-20-19(22)7-6-16-4-2-12-23-16/h2-5,12-13,15,17H,6-11,14H2,1H3,(H,20,22). The van der Waals surface area contributed by atoms with E-state index in [1.54, 1.807) is 12.5 Å². The third-order valence-electron chi connectivity index (χ3n) is 4.80. The van der Waals surface area contributed by atoms with Gasteiger partial charge >= 0.3 is 0 Å². The molecule has 0 radical (unpaired) electrons. The lowest BCUT2D eigenvalue weighted by Gasteiger charge is -2.35.